The molecule has 2 aromatic carbocycles. The van der Waals surface area contributed by atoms with Crippen LogP contribution in [0.25, 0.3) is 0 Å². The lowest BCUT2D eigenvalue weighted by atomic mass is 10.2. The first kappa shape index (κ1) is 19.2. The molecule has 0 radical (unpaired) electrons. The number of rotatable bonds is 8. The number of hydrogen-bond acceptors (Lipinski definition) is 5. The summed E-state index contributed by atoms with van der Waals surface area (Å²) < 4.78 is 5.47. The normalized spacial score (nSPS) is 12.5. The fourth-order valence-electron chi connectivity index (χ4n) is 2.18. The maximum atomic E-state index is 11.9. The Labute approximate surface area is 152 Å². The van der Waals surface area contributed by atoms with Crippen molar-refractivity contribution in [2.75, 3.05) is 18.5 Å². The van der Waals surface area contributed by atoms with Crippen molar-refractivity contribution >= 4 is 11.7 Å². The number of benzene rings is 2. The maximum Gasteiger partial charge on any atom is 0.320 e. The number of nitrogens with one attached hydrogen (secondary N) is 3. The second-order valence-corrected chi connectivity index (χ2v) is 5.67. The molecule has 7 nitrogen and oxygen atoms in total. The molecule has 2 atom stereocenters. The van der Waals surface area contributed by atoms with Gasteiger partial charge in [-0.25, -0.2) is 4.79 Å². The third kappa shape index (κ3) is 6.43. The molecule has 0 fully saturated rings. The molecule has 0 bridgehead atoms. The fourth-order valence-corrected chi connectivity index (χ4v) is 2.18. The summed E-state index contributed by atoms with van der Waals surface area (Å²) >= 11 is 0. The van der Waals surface area contributed by atoms with Crippen LogP contribution in [0.15, 0.2) is 54.6 Å². The van der Waals surface area contributed by atoms with E-state index in [9.17, 15) is 9.90 Å². The van der Waals surface area contributed by atoms with Crippen LogP contribution in [0, 0.1) is 11.3 Å². The number of nitrogens with zero attached hydrogens (tertiary/aromatic N) is 1. The highest BCUT2D eigenvalue weighted by atomic mass is 16.5. The molecule has 0 saturated heterocycles. The summed E-state index contributed by atoms with van der Waals surface area (Å²) in [4.78, 5) is 11.9. The minimum atomic E-state index is -0.789. The van der Waals surface area contributed by atoms with Crippen LogP contribution in [-0.2, 0) is 0 Å². The van der Waals surface area contributed by atoms with E-state index in [1.807, 2.05) is 24.3 Å². The van der Waals surface area contributed by atoms with Gasteiger partial charge in [-0.1, -0.05) is 30.3 Å². The standard InChI is InChI=1S/C19H22N4O3/c1-14(22-19(25)23-16-8-3-2-4-9-16)21-12-17(24)13-26-18-10-6-5-7-15(18)11-20/h2-10,14,17,21,24H,12-13H2,1H3,(H2,22,23,25). The van der Waals surface area contributed by atoms with Crippen LogP contribution < -0.4 is 20.7 Å². The number of amides is 2. The van der Waals surface area contributed by atoms with Crippen LogP contribution in [-0.4, -0.2) is 36.6 Å². The molecule has 0 aliphatic heterocycles. The zero-order chi connectivity index (χ0) is 18.8. The third-order valence-electron chi connectivity index (χ3n) is 3.48. The Morgan fingerprint density at radius 3 is 2.62 bits per heavy atom. The Balaban J connectivity index is 1.69. The molecule has 2 rings (SSSR count). The average molecular weight is 354 g/mol. The van der Waals surface area contributed by atoms with Gasteiger partial charge in [0.15, 0.2) is 0 Å². The lowest BCUT2D eigenvalue weighted by Gasteiger charge is -2.19. The van der Waals surface area contributed by atoms with Gasteiger partial charge < -0.3 is 20.5 Å². The summed E-state index contributed by atoms with van der Waals surface area (Å²) in [7, 11) is 0. The molecular formula is C19H22N4O3. The molecule has 2 amide bonds. The first-order valence-electron chi connectivity index (χ1n) is 8.24. The van der Waals surface area contributed by atoms with Gasteiger partial charge in [-0.15, -0.1) is 0 Å². The highest BCUT2D eigenvalue weighted by molar-refractivity contribution is 5.89. The van der Waals surface area contributed by atoms with E-state index >= 15 is 0 Å². The van der Waals surface area contributed by atoms with E-state index in [-0.39, 0.29) is 25.3 Å². The molecule has 2 aromatic rings. The van der Waals surface area contributed by atoms with Gasteiger partial charge in [0.2, 0.25) is 0 Å². The number of carbonyl (C=O) groups is 1. The number of anilines is 1. The number of para-hydroxylation sites is 2. The van der Waals surface area contributed by atoms with Crippen molar-refractivity contribution in [2.24, 2.45) is 0 Å². The van der Waals surface area contributed by atoms with Crippen LogP contribution >= 0.6 is 0 Å². The molecule has 0 aliphatic carbocycles. The zero-order valence-corrected chi connectivity index (χ0v) is 14.5. The summed E-state index contributed by atoms with van der Waals surface area (Å²) in [5.74, 6) is 0.433. The molecule has 0 heterocycles. The van der Waals surface area contributed by atoms with Gasteiger partial charge in [-0.2, -0.15) is 5.26 Å². The Morgan fingerprint density at radius 1 is 1.19 bits per heavy atom. The number of hydrogen-bond donors (Lipinski definition) is 4. The molecule has 7 heteroatoms. The number of carbonyl (C=O) groups excluding carboxylic acids is 1. The minimum absolute atomic E-state index is 0.0363. The van der Waals surface area contributed by atoms with E-state index in [1.165, 1.54) is 0 Å². The van der Waals surface area contributed by atoms with E-state index in [4.69, 9.17) is 10.00 Å². The van der Waals surface area contributed by atoms with Crippen molar-refractivity contribution in [1.29, 1.82) is 5.26 Å². The molecule has 26 heavy (non-hydrogen) atoms. The number of urea groups is 1. The monoisotopic (exact) mass is 354 g/mol. The Bertz CT molecular complexity index is 746. The van der Waals surface area contributed by atoms with E-state index in [0.29, 0.717) is 17.0 Å². The van der Waals surface area contributed by atoms with Crippen LogP contribution in [0.5, 0.6) is 5.75 Å². The van der Waals surface area contributed by atoms with Gasteiger partial charge >= 0.3 is 6.03 Å². The number of nitriles is 1. The number of ether oxygens (including phenoxy) is 1. The Kier molecular flexibility index (Phi) is 7.43. The first-order valence-corrected chi connectivity index (χ1v) is 8.24. The van der Waals surface area contributed by atoms with Crippen molar-refractivity contribution in [1.82, 2.24) is 10.6 Å². The first-order chi connectivity index (χ1) is 12.6. The van der Waals surface area contributed by atoms with Crippen molar-refractivity contribution in [2.45, 2.75) is 19.2 Å². The summed E-state index contributed by atoms with van der Waals surface area (Å²) in [6.07, 6.45) is -1.14. The lowest BCUT2D eigenvalue weighted by molar-refractivity contribution is 0.103. The second-order valence-electron chi connectivity index (χ2n) is 5.67. The van der Waals surface area contributed by atoms with Gasteiger partial charge in [-0.05, 0) is 31.2 Å². The van der Waals surface area contributed by atoms with Crippen LogP contribution in [0.1, 0.15) is 12.5 Å². The van der Waals surface area contributed by atoms with Gasteiger partial charge in [0, 0.05) is 12.2 Å². The van der Waals surface area contributed by atoms with E-state index in [2.05, 4.69) is 16.0 Å². The zero-order valence-electron chi connectivity index (χ0n) is 14.5. The topological polar surface area (TPSA) is 106 Å². The molecule has 136 valence electrons. The Hall–Kier alpha value is -3.08. The lowest BCUT2D eigenvalue weighted by Crippen LogP contribution is -2.48. The van der Waals surface area contributed by atoms with Gasteiger partial charge in [0.05, 0.1) is 11.7 Å². The summed E-state index contributed by atoms with van der Waals surface area (Å²) in [5, 5.41) is 27.4. The van der Waals surface area contributed by atoms with Crippen molar-refractivity contribution in [3.8, 4) is 11.8 Å². The SMILES string of the molecule is CC(NCC(O)COc1ccccc1C#N)NC(=O)Nc1ccccc1. The molecular weight excluding hydrogens is 332 g/mol. The average Bonchev–Trinajstić information content (AvgIpc) is 2.65. The predicted octanol–water partition coefficient (Wildman–Crippen LogP) is 2.06. The number of aliphatic hydroxyl groups is 1. The van der Waals surface area contributed by atoms with Gasteiger partial charge in [0.25, 0.3) is 0 Å². The molecule has 0 spiro atoms. The summed E-state index contributed by atoms with van der Waals surface area (Å²) in [6, 6.07) is 17.6. The van der Waals surface area contributed by atoms with Crippen molar-refractivity contribution in [3.05, 3.63) is 60.2 Å². The van der Waals surface area contributed by atoms with E-state index in [0.717, 1.165) is 0 Å². The molecule has 4 N–H and O–H groups in total. The van der Waals surface area contributed by atoms with Crippen molar-refractivity contribution < 1.29 is 14.6 Å². The highest BCUT2D eigenvalue weighted by Gasteiger charge is 2.11. The molecule has 0 aliphatic rings. The molecule has 2 unspecified atom stereocenters. The number of aliphatic hydroxyl groups excluding tert-OH is 1. The van der Waals surface area contributed by atoms with Gasteiger partial charge in [-0.3, -0.25) is 5.32 Å². The van der Waals surface area contributed by atoms with E-state index in [1.54, 1.807) is 43.3 Å². The predicted molar refractivity (Wildman–Crippen MR) is 98.7 cm³/mol. The van der Waals surface area contributed by atoms with Crippen molar-refractivity contribution in [3.63, 3.8) is 0 Å². The van der Waals surface area contributed by atoms with Crippen LogP contribution in [0.3, 0.4) is 0 Å². The quantitative estimate of drug-likeness (QED) is 0.543. The largest absolute Gasteiger partial charge is 0.489 e. The van der Waals surface area contributed by atoms with Gasteiger partial charge in [0.1, 0.15) is 24.5 Å². The highest BCUT2D eigenvalue weighted by Crippen LogP contribution is 2.16. The minimum Gasteiger partial charge on any atom is -0.489 e. The summed E-state index contributed by atoms with van der Waals surface area (Å²) in [5.41, 5.74) is 1.11. The second kappa shape index (κ2) is 10.0. The Morgan fingerprint density at radius 2 is 1.88 bits per heavy atom. The maximum absolute atomic E-state index is 11.9. The van der Waals surface area contributed by atoms with Crippen LogP contribution in [0.2, 0.25) is 0 Å². The fraction of sp³-hybridized carbons (Fsp3) is 0.263. The third-order valence-corrected chi connectivity index (χ3v) is 3.48. The molecule has 0 saturated carbocycles. The smallest absolute Gasteiger partial charge is 0.320 e. The van der Waals surface area contributed by atoms with E-state index < -0.39 is 6.10 Å². The van der Waals surface area contributed by atoms with Crippen LogP contribution in [0.4, 0.5) is 10.5 Å². The molecule has 0 aromatic heterocycles. The summed E-state index contributed by atoms with van der Waals surface area (Å²) in [6.45, 7) is 2.03.